The Morgan fingerprint density at radius 2 is 2.03 bits per heavy atom. The zero-order chi connectivity index (χ0) is 20.0. The quantitative estimate of drug-likeness (QED) is 0.723. The zero-order valence-electron chi connectivity index (χ0n) is 16.4. The molecule has 0 bridgehead atoms. The van der Waals surface area contributed by atoms with Gasteiger partial charge in [0.1, 0.15) is 5.65 Å². The van der Waals surface area contributed by atoms with Gasteiger partial charge in [0.2, 0.25) is 0 Å². The Labute approximate surface area is 167 Å². The third-order valence-corrected chi connectivity index (χ3v) is 5.82. The van der Waals surface area contributed by atoms with Crippen molar-refractivity contribution >= 4 is 11.0 Å². The molecule has 3 heterocycles. The first-order valence-corrected chi connectivity index (χ1v) is 10.1. The summed E-state index contributed by atoms with van der Waals surface area (Å²) in [6, 6.07) is 5.67. The van der Waals surface area contributed by atoms with E-state index in [1.165, 1.54) is 4.57 Å². The van der Waals surface area contributed by atoms with Crippen LogP contribution in [0.1, 0.15) is 36.5 Å². The van der Waals surface area contributed by atoms with Gasteiger partial charge in [-0.15, -0.1) is 0 Å². The molecule has 0 spiro atoms. The van der Waals surface area contributed by atoms with Crippen LogP contribution in [0.3, 0.4) is 0 Å². The first-order chi connectivity index (χ1) is 14.1. The zero-order valence-corrected chi connectivity index (χ0v) is 16.4. The molecule has 5 rings (SSSR count). The number of hydrogen-bond acceptors (Lipinski definition) is 5. The van der Waals surface area contributed by atoms with Crippen molar-refractivity contribution in [2.75, 3.05) is 13.2 Å². The van der Waals surface area contributed by atoms with Crippen molar-refractivity contribution < 1.29 is 9.47 Å². The molecule has 1 unspecified atom stereocenters. The van der Waals surface area contributed by atoms with E-state index in [1.54, 1.807) is 0 Å². The van der Waals surface area contributed by atoms with E-state index in [0.717, 1.165) is 42.4 Å². The number of pyridine rings is 1. The summed E-state index contributed by atoms with van der Waals surface area (Å²) < 4.78 is 13.0. The smallest absolute Gasteiger partial charge is 0.330 e. The molecule has 1 aliphatic heterocycles. The molecule has 2 aromatic heterocycles. The highest BCUT2D eigenvalue weighted by Gasteiger charge is 2.22. The van der Waals surface area contributed by atoms with Crippen LogP contribution in [0.15, 0.2) is 34.0 Å². The molecule has 1 N–H and O–H groups in total. The van der Waals surface area contributed by atoms with E-state index in [9.17, 15) is 9.59 Å². The van der Waals surface area contributed by atoms with Crippen LogP contribution in [0.4, 0.5) is 0 Å². The molecule has 7 nitrogen and oxygen atoms in total. The number of nitrogens with zero attached hydrogens (tertiary/aromatic N) is 2. The van der Waals surface area contributed by atoms with Crippen molar-refractivity contribution in [3.8, 4) is 11.5 Å². The lowest BCUT2D eigenvalue weighted by Gasteiger charge is -2.22. The third-order valence-electron chi connectivity index (χ3n) is 5.82. The van der Waals surface area contributed by atoms with Crippen LogP contribution in [0, 0.1) is 5.92 Å². The summed E-state index contributed by atoms with van der Waals surface area (Å²) in [5, 5.41) is 0.544. The Kier molecular flexibility index (Phi) is 4.38. The number of aromatic amines is 1. The van der Waals surface area contributed by atoms with Gasteiger partial charge in [0.25, 0.3) is 5.56 Å². The van der Waals surface area contributed by atoms with Crippen molar-refractivity contribution in [1.29, 1.82) is 0 Å². The molecule has 3 aromatic rings. The van der Waals surface area contributed by atoms with Crippen molar-refractivity contribution in [3.05, 3.63) is 61.9 Å². The van der Waals surface area contributed by atoms with Gasteiger partial charge < -0.3 is 9.47 Å². The van der Waals surface area contributed by atoms with E-state index < -0.39 is 5.69 Å². The molecule has 29 heavy (non-hydrogen) atoms. The standard InChI is InChI=1S/C22H23N3O4/c1-13-3-5-15-11-23-20-19(16(15)9-13)21(26)24-22(27)25(20)12-14-4-6-17-18(10-14)29-8-2-7-28-17/h4,6,10-11,13H,2-3,5,7-9,12H2,1H3,(H,24,26,27). The minimum atomic E-state index is -0.453. The molecule has 0 saturated heterocycles. The number of aromatic nitrogens is 3. The second-order valence-corrected chi connectivity index (χ2v) is 7.99. The number of rotatable bonds is 2. The second-order valence-electron chi connectivity index (χ2n) is 7.99. The lowest BCUT2D eigenvalue weighted by molar-refractivity contribution is 0.297. The minimum Gasteiger partial charge on any atom is -0.490 e. The second kappa shape index (κ2) is 7.06. The van der Waals surface area contributed by atoms with Crippen molar-refractivity contribution in [2.24, 2.45) is 5.92 Å². The highest BCUT2D eigenvalue weighted by Crippen LogP contribution is 2.31. The number of H-pyrrole nitrogens is 1. The topological polar surface area (TPSA) is 86.2 Å². The SMILES string of the molecule is CC1CCc2cnc3c(c2C1)c(=O)[nH]c(=O)n3Cc1ccc2c(c1)OCCCO2. The van der Waals surface area contributed by atoms with Crippen molar-refractivity contribution in [2.45, 2.75) is 39.2 Å². The Morgan fingerprint density at radius 1 is 1.21 bits per heavy atom. The van der Waals surface area contributed by atoms with Crippen LogP contribution in [-0.2, 0) is 19.4 Å². The molecule has 150 valence electrons. The Morgan fingerprint density at radius 3 is 2.90 bits per heavy atom. The van der Waals surface area contributed by atoms with Crippen LogP contribution in [0.5, 0.6) is 11.5 Å². The first-order valence-electron chi connectivity index (χ1n) is 10.1. The molecule has 2 aliphatic rings. The predicted octanol–water partition coefficient (Wildman–Crippen LogP) is 2.42. The molecule has 1 aliphatic carbocycles. The van der Waals surface area contributed by atoms with Crippen LogP contribution < -0.4 is 20.7 Å². The first kappa shape index (κ1) is 18.0. The fraction of sp³-hybridized carbons (Fsp3) is 0.409. The highest BCUT2D eigenvalue weighted by atomic mass is 16.5. The fourth-order valence-corrected chi connectivity index (χ4v) is 4.28. The molecule has 7 heteroatoms. The number of fused-ring (bicyclic) bond motifs is 4. The molecule has 0 amide bonds. The van der Waals surface area contributed by atoms with Crippen LogP contribution in [-0.4, -0.2) is 27.7 Å². The van der Waals surface area contributed by atoms with E-state index in [4.69, 9.17) is 9.47 Å². The molecule has 1 atom stereocenters. The summed E-state index contributed by atoms with van der Waals surface area (Å²) in [7, 11) is 0. The summed E-state index contributed by atoms with van der Waals surface area (Å²) in [6.45, 7) is 3.72. The van der Waals surface area contributed by atoms with Crippen LogP contribution >= 0.6 is 0 Å². The predicted molar refractivity (Wildman–Crippen MR) is 109 cm³/mol. The number of ether oxygens (including phenoxy) is 2. The van der Waals surface area contributed by atoms with Crippen LogP contribution in [0.2, 0.25) is 0 Å². The van der Waals surface area contributed by atoms with Gasteiger partial charge in [0, 0.05) is 12.6 Å². The van der Waals surface area contributed by atoms with Gasteiger partial charge in [-0.1, -0.05) is 13.0 Å². The lowest BCUT2D eigenvalue weighted by Crippen LogP contribution is -2.32. The van der Waals surface area contributed by atoms with Gasteiger partial charge in [-0.05, 0) is 54.0 Å². The summed E-state index contributed by atoms with van der Waals surface area (Å²) in [6.07, 6.45) is 5.50. The van der Waals surface area contributed by atoms with Crippen molar-refractivity contribution in [3.63, 3.8) is 0 Å². The van der Waals surface area contributed by atoms with E-state index in [1.807, 2.05) is 24.4 Å². The van der Waals surface area contributed by atoms with E-state index >= 15 is 0 Å². The number of aryl methyl sites for hydroxylation is 1. The number of hydrogen-bond donors (Lipinski definition) is 1. The summed E-state index contributed by atoms with van der Waals surface area (Å²) in [5.41, 5.74) is 2.67. The Hall–Kier alpha value is -3.09. The minimum absolute atomic E-state index is 0.296. The molecule has 0 fully saturated rings. The monoisotopic (exact) mass is 393 g/mol. The highest BCUT2D eigenvalue weighted by molar-refractivity contribution is 5.79. The maximum absolute atomic E-state index is 12.7. The molecular formula is C22H23N3O4. The van der Waals surface area contributed by atoms with Gasteiger partial charge in [-0.3, -0.25) is 14.3 Å². The van der Waals surface area contributed by atoms with Gasteiger partial charge in [-0.25, -0.2) is 9.78 Å². The third kappa shape index (κ3) is 3.20. The van der Waals surface area contributed by atoms with E-state index in [2.05, 4.69) is 16.9 Å². The van der Waals surface area contributed by atoms with E-state index in [-0.39, 0.29) is 5.56 Å². The van der Waals surface area contributed by atoms with Crippen molar-refractivity contribution in [1.82, 2.24) is 14.5 Å². The Bertz CT molecular complexity index is 1210. The summed E-state index contributed by atoms with van der Waals surface area (Å²) in [4.78, 5) is 32.3. The van der Waals surface area contributed by atoms with Gasteiger partial charge in [0.05, 0.1) is 25.1 Å². The van der Waals surface area contributed by atoms with Crippen LogP contribution in [0.25, 0.3) is 11.0 Å². The molecule has 0 saturated carbocycles. The summed E-state index contributed by atoms with van der Waals surface area (Å²) in [5.74, 6) is 1.90. The van der Waals surface area contributed by atoms with Gasteiger partial charge in [-0.2, -0.15) is 0 Å². The summed E-state index contributed by atoms with van der Waals surface area (Å²) >= 11 is 0. The molecular weight excluding hydrogens is 370 g/mol. The maximum atomic E-state index is 12.7. The Balaban J connectivity index is 1.62. The number of nitrogens with one attached hydrogen (secondary N) is 1. The largest absolute Gasteiger partial charge is 0.490 e. The fourth-order valence-electron chi connectivity index (χ4n) is 4.28. The average molecular weight is 393 g/mol. The van der Waals surface area contributed by atoms with Gasteiger partial charge in [0.15, 0.2) is 11.5 Å². The normalized spacial score (nSPS) is 18.3. The average Bonchev–Trinajstić information content (AvgIpc) is 2.95. The van der Waals surface area contributed by atoms with E-state index in [0.29, 0.717) is 48.2 Å². The molecule has 0 radical (unpaired) electrons. The van der Waals surface area contributed by atoms with Gasteiger partial charge >= 0.3 is 5.69 Å². The molecule has 1 aromatic carbocycles. The number of benzene rings is 1. The maximum Gasteiger partial charge on any atom is 0.330 e. The lowest BCUT2D eigenvalue weighted by atomic mass is 9.84.